The molecule has 0 spiro atoms. The van der Waals surface area contributed by atoms with Gasteiger partial charge >= 0.3 is 5.97 Å². The first-order chi connectivity index (χ1) is 12.8. The van der Waals surface area contributed by atoms with Crippen LogP contribution in [-0.4, -0.2) is 32.7 Å². The Kier molecular flexibility index (Phi) is 6.22. The van der Waals surface area contributed by atoms with E-state index in [-0.39, 0.29) is 18.9 Å². The van der Waals surface area contributed by atoms with Crippen molar-refractivity contribution in [3.8, 4) is 11.1 Å². The number of carbonyl (C=O) groups excluding carboxylic acids is 1. The Balaban J connectivity index is 1.86. The number of carbonyl (C=O) groups is 2. The Labute approximate surface area is 175 Å². The molecule has 0 saturated carbocycles. The number of amides is 1. The number of carboxylic acid groups (broad SMARTS) is 1. The van der Waals surface area contributed by atoms with Crippen LogP contribution in [0.15, 0.2) is 47.4 Å². The molecule has 8 heteroatoms. The van der Waals surface area contributed by atoms with Gasteiger partial charge < -0.3 is 5.11 Å². The SMILES string of the molecule is O=C(O)CCN1C(=O)C(=Cc2cccc(-c3ccc(Cl)cc3Cl)c2)SC1=S. The van der Waals surface area contributed by atoms with Crippen molar-refractivity contribution < 1.29 is 14.7 Å². The Morgan fingerprint density at radius 3 is 2.70 bits per heavy atom. The molecular weight excluding hydrogens is 425 g/mol. The third kappa shape index (κ3) is 4.71. The lowest BCUT2D eigenvalue weighted by atomic mass is 10.0. The van der Waals surface area contributed by atoms with Crippen molar-refractivity contribution in [1.29, 1.82) is 0 Å². The first kappa shape index (κ1) is 19.9. The molecule has 2 aromatic rings. The van der Waals surface area contributed by atoms with Gasteiger partial charge in [0.15, 0.2) is 0 Å². The monoisotopic (exact) mass is 437 g/mol. The molecule has 2 aromatic carbocycles. The molecule has 1 aliphatic rings. The van der Waals surface area contributed by atoms with Crippen molar-refractivity contribution >= 4 is 69.5 Å². The zero-order valence-corrected chi connectivity index (χ0v) is 17.0. The number of thiocarbonyl (C=S) groups is 1. The fourth-order valence-electron chi connectivity index (χ4n) is 2.57. The zero-order chi connectivity index (χ0) is 19.6. The molecule has 27 heavy (non-hydrogen) atoms. The Hall–Kier alpha value is -1.86. The van der Waals surface area contributed by atoms with Crippen LogP contribution < -0.4 is 0 Å². The third-order valence-electron chi connectivity index (χ3n) is 3.85. The van der Waals surface area contributed by atoms with Gasteiger partial charge in [0.1, 0.15) is 4.32 Å². The molecule has 1 N–H and O–H groups in total. The molecule has 4 nitrogen and oxygen atoms in total. The molecule has 1 amide bonds. The van der Waals surface area contributed by atoms with Crippen molar-refractivity contribution in [3.63, 3.8) is 0 Å². The maximum Gasteiger partial charge on any atom is 0.305 e. The van der Waals surface area contributed by atoms with E-state index in [0.29, 0.717) is 19.3 Å². The number of thioether (sulfide) groups is 1. The second kappa shape index (κ2) is 8.44. The lowest BCUT2D eigenvalue weighted by Crippen LogP contribution is -2.30. The van der Waals surface area contributed by atoms with E-state index in [1.165, 1.54) is 16.7 Å². The minimum absolute atomic E-state index is 0.0672. The number of nitrogens with zero attached hydrogens (tertiary/aromatic N) is 1. The van der Waals surface area contributed by atoms with Crippen LogP contribution in [0.4, 0.5) is 0 Å². The van der Waals surface area contributed by atoms with Crippen molar-refractivity contribution in [1.82, 2.24) is 4.90 Å². The molecular formula is C19H13Cl2NO3S2. The maximum atomic E-state index is 12.5. The van der Waals surface area contributed by atoms with Crippen LogP contribution in [0, 0.1) is 0 Å². The molecule has 0 bridgehead atoms. The van der Waals surface area contributed by atoms with Crippen LogP contribution in [0.5, 0.6) is 0 Å². The van der Waals surface area contributed by atoms with Crippen LogP contribution in [0.1, 0.15) is 12.0 Å². The predicted molar refractivity (Wildman–Crippen MR) is 114 cm³/mol. The summed E-state index contributed by atoms with van der Waals surface area (Å²) >= 11 is 18.6. The first-order valence-electron chi connectivity index (χ1n) is 7.88. The zero-order valence-electron chi connectivity index (χ0n) is 13.8. The first-order valence-corrected chi connectivity index (χ1v) is 9.86. The van der Waals surface area contributed by atoms with Gasteiger partial charge in [-0.2, -0.15) is 0 Å². The van der Waals surface area contributed by atoms with Crippen LogP contribution in [0.2, 0.25) is 10.0 Å². The normalized spacial score (nSPS) is 15.6. The molecule has 0 radical (unpaired) electrons. The quantitative estimate of drug-likeness (QED) is 0.505. The van der Waals surface area contributed by atoms with Crippen molar-refractivity contribution in [3.05, 3.63) is 63.0 Å². The number of halogens is 2. The Bertz CT molecular complexity index is 975. The second-order valence-corrected chi connectivity index (χ2v) is 8.25. The van der Waals surface area contributed by atoms with Crippen molar-refractivity contribution in [2.24, 2.45) is 0 Å². The Morgan fingerprint density at radius 1 is 1.22 bits per heavy atom. The summed E-state index contributed by atoms with van der Waals surface area (Å²) in [6, 6.07) is 12.9. The summed E-state index contributed by atoms with van der Waals surface area (Å²) in [5, 5.41) is 9.91. The molecule has 1 heterocycles. The van der Waals surface area contributed by atoms with Gasteiger partial charge in [0.2, 0.25) is 0 Å². The summed E-state index contributed by atoms with van der Waals surface area (Å²) in [5.41, 5.74) is 2.55. The molecule has 1 saturated heterocycles. The summed E-state index contributed by atoms with van der Waals surface area (Å²) in [7, 11) is 0. The van der Waals surface area contributed by atoms with E-state index in [4.69, 9.17) is 40.5 Å². The number of aliphatic carboxylic acids is 1. The van der Waals surface area contributed by atoms with Gasteiger partial charge in [-0.25, -0.2) is 0 Å². The number of rotatable bonds is 5. The number of hydrogen-bond acceptors (Lipinski definition) is 4. The summed E-state index contributed by atoms with van der Waals surface area (Å²) in [6.07, 6.45) is 1.59. The van der Waals surface area contributed by atoms with E-state index in [9.17, 15) is 9.59 Å². The van der Waals surface area contributed by atoms with Crippen LogP contribution in [0.3, 0.4) is 0 Å². The van der Waals surface area contributed by atoms with E-state index in [0.717, 1.165) is 16.7 Å². The third-order valence-corrected chi connectivity index (χ3v) is 5.77. The smallest absolute Gasteiger partial charge is 0.305 e. The van der Waals surface area contributed by atoms with E-state index >= 15 is 0 Å². The van der Waals surface area contributed by atoms with E-state index < -0.39 is 5.97 Å². The maximum absolute atomic E-state index is 12.5. The van der Waals surface area contributed by atoms with Crippen LogP contribution in [-0.2, 0) is 9.59 Å². The lowest BCUT2D eigenvalue weighted by molar-refractivity contribution is -0.137. The summed E-state index contributed by atoms with van der Waals surface area (Å²) < 4.78 is 0.365. The van der Waals surface area contributed by atoms with E-state index in [2.05, 4.69) is 0 Å². The average molecular weight is 438 g/mol. The van der Waals surface area contributed by atoms with Crippen molar-refractivity contribution in [2.75, 3.05) is 6.54 Å². The van der Waals surface area contributed by atoms with Gasteiger partial charge in [0.25, 0.3) is 5.91 Å². The highest BCUT2D eigenvalue weighted by Gasteiger charge is 2.32. The Morgan fingerprint density at radius 2 is 2.00 bits per heavy atom. The molecule has 0 aliphatic carbocycles. The fourth-order valence-corrected chi connectivity index (χ4v) is 4.40. The fraction of sp³-hybridized carbons (Fsp3) is 0.105. The molecule has 1 fully saturated rings. The van der Waals surface area contributed by atoms with Gasteiger partial charge in [-0.3, -0.25) is 14.5 Å². The predicted octanol–water partition coefficient (Wildman–Crippen LogP) is 5.34. The number of hydrogen-bond donors (Lipinski definition) is 1. The highest BCUT2D eigenvalue weighted by Crippen LogP contribution is 2.34. The summed E-state index contributed by atoms with van der Waals surface area (Å²) in [6.45, 7) is 0.0672. The molecule has 0 aromatic heterocycles. The van der Waals surface area contributed by atoms with Gasteiger partial charge in [0, 0.05) is 22.2 Å². The minimum Gasteiger partial charge on any atom is -0.481 e. The number of carboxylic acids is 1. The van der Waals surface area contributed by atoms with Gasteiger partial charge in [-0.05, 0) is 35.4 Å². The largest absolute Gasteiger partial charge is 0.481 e. The van der Waals surface area contributed by atoms with Crippen LogP contribution >= 0.6 is 47.2 Å². The van der Waals surface area contributed by atoms with Gasteiger partial charge in [-0.1, -0.05) is 71.4 Å². The van der Waals surface area contributed by atoms with Gasteiger partial charge in [-0.15, -0.1) is 0 Å². The summed E-state index contributed by atoms with van der Waals surface area (Å²) in [5.74, 6) is -1.25. The van der Waals surface area contributed by atoms with Crippen LogP contribution in [0.25, 0.3) is 17.2 Å². The minimum atomic E-state index is -0.972. The molecule has 3 rings (SSSR count). The molecule has 138 valence electrons. The highest BCUT2D eigenvalue weighted by molar-refractivity contribution is 8.26. The average Bonchev–Trinajstić information content (AvgIpc) is 2.86. The summed E-state index contributed by atoms with van der Waals surface area (Å²) in [4.78, 5) is 25.0. The van der Waals surface area contributed by atoms with E-state index in [1.54, 1.807) is 18.2 Å². The highest BCUT2D eigenvalue weighted by atomic mass is 35.5. The number of benzene rings is 2. The topological polar surface area (TPSA) is 57.6 Å². The second-order valence-electron chi connectivity index (χ2n) is 5.73. The standard InChI is InChI=1S/C19H13Cl2NO3S2/c20-13-4-5-14(15(21)10-13)12-3-1-2-11(8-12)9-16-18(25)22(19(26)27-16)7-6-17(23)24/h1-5,8-10H,6-7H2,(H,23,24). The van der Waals surface area contributed by atoms with E-state index in [1.807, 2.05) is 30.3 Å². The molecule has 1 aliphatic heterocycles. The van der Waals surface area contributed by atoms with Crippen molar-refractivity contribution in [2.45, 2.75) is 6.42 Å². The van der Waals surface area contributed by atoms with Gasteiger partial charge in [0.05, 0.1) is 11.3 Å². The lowest BCUT2D eigenvalue weighted by Gasteiger charge is -2.12. The molecule has 0 atom stereocenters. The molecule has 0 unspecified atom stereocenters.